The number of sulfone groups is 1. The lowest BCUT2D eigenvalue weighted by Crippen LogP contribution is -2.29. The number of halogens is 7. The maximum absolute atomic E-state index is 14.1. The van der Waals surface area contributed by atoms with Gasteiger partial charge in [0.15, 0.2) is 11.6 Å². The topological polar surface area (TPSA) is 69.7 Å². The van der Waals surface area contributed by atoms with E-state index in [9.17, 15) is 43.9 Å². The van der Waals surface area contributed by atoms with Gasteiger partial charge < -0.3 is 9.47 Å². The quantitative estimate of drug-likeness (QED) is 0.320. The van der Waals surface area contributed by atoms with Crippen molar-refractivity contribution in [3.63, 3.8) is 0 Å². The molecule has 2 aromatic rings. The molecule has 0 aliphatic carbocycles. The number of ether oxygens (including phenoxy) is 2. The molecule has 0 amide bonds. The highest BCUT2D eigenvalue weighted by Gasteiger charge is 2.44. The Kier molecular flexibility index (Phi) is 5.59. The Morgan fingerprint density at radius 1 is 0.893 bits per heavy atom. The molecule has 13 heteroatoms. The van der Waals surface area contributed by atoms with Gasteiger partial charge in [0.2, 0.25) is 27.2 Å². The summed E-state index contributed by atoms with van der Waals surface area (Å²) in [6.45, 7) is 0. The molecular weight excluding hydrogens is 425 g/mol. The molecule has 0 aliphatic heterocycles. The molecule has 0 saturated carbocycles. The van der Waals surface area contributed by atoms with E-state index in [1.54, 1.807) is 0 Å². The highest BCUT2D eigenvalue weighted by Crippen LogP contribution is 2.36. The van der Waals surface area contributed by atoms with Gasteiger partial charge in [0.05, 0.1) is 12.0 Å². The summed E-state index contributed by atoms with van der Waals surface area (Å²) in [5, 5.41) is 0. The van der Waals surface area contributed by atoms with Crippen LogP contribution in [0.25, 0.3) is 0 Å². The van der Waals surface area contributed by atoms with Crippen LogP contribution >= 0.6 is 0 Å². The van der Waals surface area contributed by atoms with Crippen LogP contribution < -0.4 is 9.47 Å². The predicted molar refractivity (Wildman–Crippen MR) is 76.4 cm³/mol. The fourth-order valence-corrected chi connectivity index (χ4v) is 3.32. The van der Waals surface area contributed by atoms with Crippen molar-refractivity contribution in [2.45, 2.75) is 16.0 Å². The molecule has 0 heterocycles. The summed E-state index contributed by atoms with van der Waals surface area (Å²) >= 11 is 0. The second-order valence-corrected chi connectivity index (χ2v) is 6.87. The van der Waals surface area contributed by atoms with Gasteiger partial charge in [-0.2, -0.15) is 22.0 Å². The van der Waals surface area contributed by atoms with Gasteiger partial charge >= 0.3 is 12.1 Å². The maximum Gasteiger partial charge on any atom is 0.491 e. The number of alkyl halides is 3. The van der Waals surface area contributed by atoms with E-state index in [-0.39, 0.29) is 5.75 Å². The van der Waals surface area contributed by atoms with E-state index >= 15 is 0 Å². The molecule has 152 valence electrons. The molecule has 0 N–H and O–H groups in total. The molecular formula is C15H7F7O5S. The van der Waals surface area contributed by atoms with Crippen molar-refractivity contribution in [1.29, 1.82) is 0 Å². The molecule has 28 heavy (non-hydrogen) atoms. The zero-order valence-corrected chi connectivity index (χ0v) is 14.2. The number of carbonyl (C=O) groups excluding carboxylic acids is 1. The van der Waals surface area contributed by atoms with E-state index in [0.717, 1.165) is 24.3 Å². The van der Waals surface area contributed by atoms with Crippen LogP contribution in [0, 0.1) is 23.3 Å². The first kappa shape index (κ1) is 21.5. The molecule has 2 aromatic carbocycles. The maximum atomic E-state index is 14.1. The van der Waals surface area contributed by atoms with E-state index in [1.165, 1.54) is 7.11 Å². The van der Waals surface area contributed by atoms with Gasteiger partial charge in [-0.25, -0.2) is 22.0 Å². The minimum absolute atomic E-state index is 0.145. The Labute approximate surface area is 152 Å². The number of esters is 1. The van der Waals surface area contributed by atoms with Gasteiger partial charge in [0.1, 0.15) is 10.6 Å². The first-order valence-electron chi connectivity index (χ1n) is 6.86. The second-order valence-electron chi connectivity index (χ2n) is 4.98. The Hall–Kier alpha value is -2.83. The summed E-state index contributed by atoms with van der Waals surface area (Å²) in [4.78, 5) is 7.76. The van der Waals surface area contributed by atoms with Crippen molar-refractivity contribution in [3.8, 4) is 11.5 Å². The number of rotatable bonds is 4. The Morgan fingerprint density at radius 3 is 1.75 bits per heavy atom. The number of carbonyl (C=O) groups is 1. The van der Waals surface area contributed by atoms with Gasteiger partial charge in [-0.05, 0) is 24.3 Å². The van der Waals surface area contributed by atoms with Crippen LogP contribution in [0.2, 0.25) is 0 Å². The van der Waals surface area contributed by atoms with Gasteiger partial charge in [-0.1, -0.05) is 0 Å². The first-order valence-corrected chi connectivity index (χ1v) is 8.34. The third-order valence-electron chi connectivity index (χ3n) is 3.25. The third-order valence-corrected chi connectivity index (χ3v) is 5.04. The molecule has 0 saturated heterocycles. The van der Waals surface area contributed by atoms with Crippen LogP contribution in [-0.4, -0.2) is 27.7 Å². The second kappa shape index (κ2) is 7.30. The van der Waals surface area contributed by atoms with Crippen LogP contribution in [0.5, 0.6) is 11.5 Å². The molecule has 0 atom stereocenters. The smallest absolute Gasteiger partial charge is 0.491 e. The van der Waals surface area contributed by atoms with Crippen molar-refractivity contribution in [1.82, 2.24) is 0 Å². The number of hydrogen-bond acceptors (Lipinski definition) is 5. The highest BCUT2D eigenvalue weighted by molar-refractivity contribution is 7.91. The van der Waals surface area contributed by atoms with E-state index in [0.29, 0.717) is 0 Å². The number of hydrogen-bond donors (Lipinski definition) is 0. The Bertz CT molecular complexity index is 1000. The molecule has 0 spiro atoms. The largest absolute Gasteiger partial charge is 0.497 e. The molecule has 0 bridgehead atoms. The molecule has 5 nitrogen and oxygen atoms in total. The molecule has 0 fully saturated rings. The van der Waals surface area contributed by atoms with Crippen molar-refractivity contribution in [3.05, 3.63) is 47.5 Å². The van der Waals surface area contributed by atoms with Crippen LogP contribution in [0.15, 0.2) is 34.1 Å². The van der Waals surface area contributed by atoms with Gasteiger partial charge in [-0.15, -0.1) is 0 Å². The normalized spacial score (nSPS) is 12.0. The van der Waals surface area contributed by atoms with Crippen molar-refractivity contribution < 1.29 is 53.4 Å². The summed E-state index contributed by atoms with van der Waals surface area (Å²) in [7, 11) is -3.96. The van der Waals surface area contributed by atoms with Crippen LogP contribution in [0.1, 0.15) is 0 Å². The van der Waals surface area contributed by atoms with Gasteiger partial charge in [-0.3, -0.25) is 0 Å². The summed E-state index contributed by atoms with van der Waals surface area (Å²) < 4.78 is 125. The minimum Gasteiger partial charge on any atom is -0.497 e. The van der Waals surface area contributed by atoms with Gasteiger partial charge in [0.25, 0.3) is 0 Å². The Morgan fingerprint density at radius 2 is 1.36 bits per heavy atom. The SMILES string of the molecule is COc1ccc(S(=O)(=O)c2c(F)c(F)c(OC(=O)C(F)(F)F)c(F)c2F)cc1. The summed E-state index contributed by atoms with van der Waals surface area (Å²) in [5.74, 6) is -15.8. The van der Waals surface area contributed by atoms with E-state index < -0.39 is 60.8 Å². The monoisotopic (exact) mass is 432 g/mol. The number of methoxy groups -OCH3 is 1. The lowest BCUT2D eigenvalue weighted by Gasteiger charge is -2.13. The fraction of sp³-hybridized carbons (Fsp3) is 0.133. The minimum atomic E-state index is -5.74. The fourth-order valence-electron chi connectivity index (χ4n) is 1.94. The zero-order valence-electron chi connectivity index (χ0n) is 13.4. The van der Waals surface area contributed by atoms with E-state index in [1.807, 2.05) is 0 Å². The van der Waals surface area contributed by atoms with Gasteiger partial charge in [0, 0.05) is 0 Å². The van der Waals surface area contributed by atoms with Crippen molar-refractivity contribution >= 4 is 15.8 Å². The van der Waals surface area contributed by atoms with Crippen LogP contribution in [0.3, 0.4) is 0 Å². The third kappa shape index (κ3) is 3.74. The Balaban J connectivity index is 2.65. The van der Waals surface area contributed by atoms with E-state index in [2.05, 4.69) is 4.74 Å². The average molecular weight is 432 g/mol. The predicted octanol–water partition coefficient (Wildman–Crippen LogP) is 3.55. The standard InChI is InChI=1S/C15H7F7O5S/c1-26-6-2-4-7(5-3-6)28(24,25)13-10(18)8(16)12(9(17)11(13)19)27-14(23)15(20,21)22/h2-5H,1H3. The molecule has 0 radical (unpaired) electrons. The highest BCUT2D eigenvalue weighted by atomic mass is 32.2. The van der Waals surface area contributed by atoms with Crippen molar-refractivity contribution in [2.75, 3.05) is 7.11 Å². The summed E-state index contributed by atoms with van der Waals surface area (Å²) in [6, 6.07) is 3.74. The molecule has 0 aromatic heterocycles. The molecule has 0 aliphatic rings. The van der Waals surface area contributed by atoms with Crippen molar-refractivity contribution in [2.24, 2.45) is 0 Å². The molecule has 2 rings (SSSR count). The first-order chi connectivity index (χ1) is 12.8. The zero-order chi connectivity index (χ0) is 21.4. The van der Waals surface area contributed by atoms with Crippen LogP contribution in [0.4, 0.5) is 30.7 Å². The van der Waals surface area contributed by atoms with E-state index in [4.69, 9.17) is 4.74 Å². The summed E-state index contributed by atoms with van der Waals surface area (Å²) in [6.07, 6.45) is -5.74. The summed E-state index contributed by atoms with van der Waals surface area (Å²) in [5.41, 5.74) is 0. The molecule has 0 unspecified atom stereocenters. The lowest BCUT2D eigenvalue weighted by atomic mass is 10.3. The van der Waals surface area contributed by atoms with Crippen LogP contribution in [-0.2, 0) is 14.6 Å². The lowest BCUT2D eigenvalue weighted by molar-refractivity contribution is -0.190. The number of benzene rings is 2. The average Bonchev–Trinajstić information content (AvgIpc) is 2.62.